The van der Waals surface area contributed by atoms with Crippen LogP contribution in [0.3, 0.4) is 0 Å². The molecule has 0 atom stereocenters. The maximum absolute atomic E-state index is 5.22. The first-order chi connectivity index (χ1) is 10.3. The summed E-state index contributed by atoms with van der Waals surface area (Å²) in [6.07, 6.45) is 7.55. The second-order valence-corrected chi connectivity index (χ2v) is 5.38. The van der Waals surface area contributed by atoms with Crippen LogP contribution in [0.5, 0.6) is 5.75 Å². The standard InChI is InChI=1S/C17H13BrN2O/c1-21-15-6-7-17-13(10-15)3-5-14(20-17)4-2-12-8-9-19-11-16(12)18/h2-11H,1H3/b4-2+. The molecule has 104 valence electrons. The lowest BCUT2D eigenvalue weighted by Gasteiger charge is -2.03. The predicted molar refractivity (Wildman–Crippen MR) is 89.2 cm³/mol. The molecule has 2 heterocycles. The number of methoxy groups -OCH3 is 1. The van der Waals surface area contributed by atoms with Gasteiger partial charge in [-0.1, -0.05) is 12.1 Å². The Kier molecular flexibility index (Phi) is 3.97. The normalized spacial score (nSPS) is 11.1. The molecule has 4 heteroatoms. The summed E-state index contributed by atoms with van der Waals surface area (Å²) in [5.74, 6) is 0.841. The lowest BCUT2D eigenvalue weighted by atomic mass is 10.1. The van der Waals surface area contributed by atoms with Gasteiger partial charge in [-0.15, -0.1) is 0 Å². The number of aromatic nitrogens is 2. The van der Waals surface area contributed by atoms with Crippen molar-refractivity contribution in [3.8, 4) is 5.75 Å². The van der Waals surface area contributed by atoms with Gasteiger partial charge in [0.1, 0.15) is 5.75 Å². The fourth-order valence-electron chi connectivity index (χ4n) is 2.04. The second-order valence-electron chi connectivity index (χ2n) is 4.53. The molecule has 0 radical (unpaired) electrons. The number of nitrogens with zero attached hydrogens (tertiary/aromatic N) is 2. The van der Waals surface area contributed by atoms with Crippen LogP contribution >= 0.6 is 15.9 Å². The van der Waals surface area contributed by atoms with Crippen LogP contribution in [0.4, 0.5) is 0 Å². The summed E-state index contributed by atoms with van der Waals surface area (Å²) < 4.78 is 6.18. The molecule has 21 heavy (non-hydrogen) atoms. The van der Waals surface area contributed by atoms with Gasteiger partial charge in [-0.2, -0.15) is 0 Å². The van der Waals surface area contributed by atoms with Crippen molar-refractivity contribution >= 4 is 39.0 Å². The van der Waals surface area contributed by atoms with E-state index in [9.17, 15) is 0 Å². The monoisotopic (exact) mass is 340 g/mol. The van der Waals surface area contributed by atoms with Crippen LogP contribution in [0.25, 0.3) is 23.1 Å². The summed E-state index contributed by atoms with van der Waals surface area (Å²) in [5.41, 5.74) is 2.93. The maximum atomic E-state index is 5.22. The molecule has 3 rings (SSSR count). The number of pyridine rings is 2. The summed E-state index contributed by atoms with van der Waals surface area (Å²) in [7, 11) is 1.66. The zero-order chi connectivity index (χ0) is 14.7. The van der Waals surface area contributed by atoms with Crippen molar-refractivity contribution in [1.29, 1.82) is 0 Å². The van der Waals surface area contributed by atoms with Gasteiger partial charge in [-0.05, 0) is 57.9 Å². The molecule has 0 spiro atoms. The van der Waals surface area contributed by atoms with Crippen molar-refractivity contribution in [3.05, 3.63) is 64.5 Å². The first kappa shape index (κ1) is 13.8. The van der Waals surface area contributed by atoms with Crippen LogP contribution in [-0.4, -0.2) is 17.1 Å². The minimum atomic E-state index is 0.841. The molecule has 0 amide bonds. The topological polar surface area (TPSA) is 35.0 Å². The molecule has 0 N–H and O–H groups in total. The van der Waals surface area contributed by atoms with Crippen molar-refractivity contribution in [2.45, 2.75) is 0 Å². The Bertz CT molecular complexity index is 815. The summed E-state index contributed by atoms with van der Waals surface area (Å²) in [6, 6.07) is 11.9. The van der Waals surface area contributed by atoms with E-state index in [4.69, 9.17) is 4.74 Å². The quantitative estimate of drug-likeness (QED) is 0.700. The van der Waals surface area contributed by atoms with Crippen molar-refractivity contribution < 1.29 is 4.74 Å². The van der Waals surface area contributed by atoms with Crippen molar-refractivity contribution in [1.82, 2.24) is 9.97 Å². The molecule has 0 aliphatic carbocycles. The summed E-state index contributed by atoms with van der Waals surface area (Å²) in [5, 5.41) is 1.07. The van der Waals surface area contributed by atoms with Gasteiger partial charge >= 0.3 is 0 Å². The smallest absolute Gasteiger partial charge is 0.119 e. The highest BCUT2D eigenvalue weighted by atomic mass is 79.9. The SMILES string of the molecule is COc1ccc2nc(/C=C/c3ccncc3Br)ccc2c1. The fraction of sp³-hybridized carbons (Fsp3) is 0.0588. The van der Waals surface area contributed by atoms with E-state index < -0.39 is 0 Å². The third kappa shape index (κ3) is 3.11. The van der Waals surface area contributed by atoms with Crippen LogP contribution < -0.4 is 4.74 Å². The molecule has 3 nitrogen and oxygen atoms in total. The molecule has 1 aromatic carbocycles. The summed E-state index contributed by atoms with van der Waals surface area (Å²) in [4.78, 5) is 8.67. The Morgan fingerprint density at radius 3 is 2.81 bits per heavy atom. The molecule has 0 saturated heterocycles. The zero-order valence-corrected chi connectivity index (χ0v) is 13.0. The Labute approximate surface area is 131 Å². The molecular weight excluding hydrogens is 328 g/mol. The van der Waals surface area contributed by atoms with Crippen LogP contribution in [0, 0.1) is 0 Å². The lowest BCUT2D eigenvalue weighted by molar-refractivity contribution is 0.415. The van der Waals surface area contributed by atoms with Gasteiger partial charge in [0.2, 0.25) is 0 Å². The Hall–Kier alpha value is -2.20. The first-order valence-corrected chi connectivity index (χ1v) is 7.28. The molecule has 0 fully saturated rings. The van der Waals surface area contributed by atoms with E-state index in [1.165, 1.54) is 0 Å². The number of benzene rings is 1. The van der Waals surface area contributed by atoms with Crippen molar-refractivity contribution in [2.24, 2.45) is 0 Å². The number of rotatable bonds is 3. The minimum absolute atomic E-state index is 0.841. The number of fused-ring (bicyclic) bond motifs is 1. The lowest BCUT2D eigenvalue weighted by Crippen LogP contribution is -1.86. The number of ether oxygens (including phenoxy) is 1. The molecule has 0 aliphatic heterocycles. The van der Waals surface area contributed by atoms with Gasteiger partial charge in [0.05, 0.1) is 18.3 Å². The van der Waals surface area contributed by atoms with Crippen molar-refractivity contribution in [3.63, 3.8) is 0 Å². The largest absolute Gasteiger partial charge is 0.497 e. The number of halogens is 1. The van der Waals surface area contributed by atoms with E-state index >= 15 is 0 Å². The first-order valence-electron chi connectivity index (χ1n) is 6.49. The highest BCUT2D eigenvalue weighted by Gasteiger charge is 1.99. The van der Waals surface area contributed by atoms with E-state index in [2.05, 4.69) is 25.9 Å². The van der Waals surface area contributed by atoms with E-state index in [-0.39, 0.29) is 0 Å². The average Bonchev–Trinajstić information content (AvgIpc) is 2.53. The Morgan fingerprint density at radius 2 is 2.00 bits per heavy atom. The van der Waals surface area contributed by atoms with E-state index in [0.29, 0.717) is 0 Å². The minimum Gasteiger partial charge on any atom is -0.497 e. The van der Waals surface area contributed by atoms with Gasteiger partial charge in [0, 0.05) is 22.3 Å². The maximum Gasteiger partial charge on any atom is 0.119 e. The molecule has 3 aromatic rings. The number of hydrogen-bond donors (Lipinski definition) is 0. The number of hydrogen-bond acceptors (Lipinski definition) is 3. The highest BCUT2D eigenvalue weighted by Crippen LogP contribution is 2.21. The Morgan fingerprint density at radius 1 is 1.10 bits per heavy atom. The van der Waals surface area contributed by atoms with Crippen LogP contribution in [0.1, 0.15) is 11.3 Å². The molecular formula is C17H13BrN2O. The third-order valence-corrected chi connectivity index (χ3v) is 3.82. The van der Waals surface area contributed by atoms with Crippen molar-refractivity contribution in [2.75, 3.05) is 7.11 Å². The van der Waals surface area contributed by atoms with Gasteiger partial charge in [-0.25, -0.2) is 4.98 Å². The molecule has 0 bridgehead atoms. The second kappa shape index (κ2) is 6.06. The third-order valence-electron chi connectivity index (χ3n) is 3.16. The Balaban J connectivity index is 1.93. The van der Waals surface area contributed by atoms with E-state index in [0.717, 1.165) is 32.4 Å². The van der Waals surface area contributed by atoms with Crippen LogP contribution in [0.15, 0.2) is 53.3 Å². The average molecular weight is 341 g/mol. The fourth-order valence-corrected chi connectivity index (χ4v) is 2.42. The van der Waals surface area contributed by atoms with E-state index in [1.54, 1.807) is 19.5 Å². The van der Waals surface area contributed by atoms with Crippen LogP contribution in [-0.2, 0) is 0 Å². The zero-order valence-electron chi connectivity index (χ0n) is 11.5. The summed E-state index contributed by atoms with van der Waals surface area (Å²) in [6.45, 7) is 0. The van der Waals surface area contributed by atoms with E-state index in [1.807, 2.05) is 48.6 Å². The molecule has 0 unspecified atom stereocenters. The predicted octanol–water partition coefficient (Wildman–Crippen LogP) is 4.57. The molecule has 0 aliphatic rings. The van der Waals surface area contributed by atoms with Gasteiger partial charge in [-0.3, -0.25) is 4.98 Å². The molecule has 0 saturated carbocycles. The highest BCUT2D eigenvalue weighted by molar-refractivity contribution is 9.10. The van der Waals surface area contributed by atoms with Crippen LogP contribution in [0.2, 0.25) is 0 Å². The van der Waals surface area contributed by atoms with Gasteiger partial charge < -0.3 is 4.74 Å². The summed E-state index contributed by atoms with van der Waals surface area (Å²) >= 11 is 3.48. The van der Waals surface area contributed by atoms with Gasteiger partial charge in [0.25, 0.3) is 0 Å². The molecule has 2 aromatic heterocycles. The van der Waals surface area contributed by atoms with Gasteiger partial charge in [0.15, 0.2) is 0 Å².